The minimum Gasteiger partial charge on any atom is -0.507 e. The Balaban J connectivity index is 2.56. The number of methoxy groups -OCH3 is 1. The summed E-state index contributed by atoms with van der Waals surface area (Å²) in [5.74, 6) is 1.26. The Labute approximate surface area is 92.9 Å². The summed E-state index contributed by atoms with van der Waals surface area (Å²) >= 11 is 0. The van der Waals surface area contributed by atoms with Crippen molar-refractivity contribution >= 4 is 5.82 Å². The highest BCUT2D eigenvalue weighted by Gasteiger charge is 2.10. The Morgan fingerprint density at radius 1 is 1.38 bits per heavy atom. The fourth-order valence-electron chi connectivity index (χ4n) is 1.58. The molecule has 1 aromatic carbocycles. The molecule has 0 aliphatic heterocycles. The third-order valence-corrected chi connectivity index (χ3v) is 2.40. The van der Waals surface area contributed by atoms with E-state index in [-0.39, 0.29) is 5.75 Å². The second-order valence-electron chi connectivity index (χ2n) is 3.55. The molecule has 2 aromatic rings. The number of nitrogens with two attached hydrogens (primary N) is 1. The van der Waals surface area contributed by atoms with Crippen molar-refractivity contribution in [1.82, 2.24) is 10.2 Å². The smallest absolute Gasteiger partial charge is 0.145 e. The molecule has 0 radical (unpaired) electrons. The van der Waals surface area contributed by atoms with Crippen LogP contribution in [0.5, 0.6) is 11.5 Å². The number of aromatic nitrogens is 2. The predicted octanol–water partition coefficient (Wildman–Crippen LogP) is 1.68. The second-order valence-corrected chi connectivity index (χ2v) is 3.55. The summed E-state index contributed by atoms with van der Waals surface area (Å²) in [5.41, 5.74) is 7.66. The van der Waals surface area contributed by atoms with Crippen LogP contribution in [-0.4, -0.2) is 22.4 Å². The van der Waals surface area contributed by atoms with Crippen molar-refractivity contribution in [2.24, 2.45) is 0 Å². The van der Waals surface area contributed by atoms with E-state index in [1.807, 2.05) is 6.92 Å². The van der Waals surface area contributed by atoms with Gasteiger partial charge in [-0.1, -0.05) is 0 Å². The van der Waals surface area contributed by atoms with E-state index in [0.717, 1.165) is 5.56 Å². The van der Waals surface area contributed by atoms with E-state index in [4.69, 9.17) is 10.5 Å². The molecule has 1 aromatic heterocycles. The molecule has 0 amide bonds. The van der Waals surface area contributed by atoms with Crippen LogP contribution >= 0.6 is 0 Å². The third kappa shape index (κ3) is 1.67. The summed E-state index contributed by atoms with van der Waals surface area (Å²) in [4.78, 5) is 0. The molecule has 0 aliphatic carbocycles. The minimum absolute atomic E-state index is 0.168. The molecule has 5 heteroatoms. The largest absolute Gasteiger partial charge is 0.507 e. The highest BCUT2D eigenvalue weighted by molar-refractivity contribution is 5.71. The van der Waals surface area contributed by atoms with Crippen LogP contribution in [0.25, 0.3) is 11.3 Å². The Morgan fingerprint density at radius 2 is 2.12 bits per heavy atom. The Kier molecular flexibility index (Phi) is 2.44. The van der Waals surface area contributed by atoms with Crippen LogP contribution in [0.1, 0.15) is 5.56 Å². The second kappa shape index (κ2) is 3.77. The summed E-state index contributed by atoms with van der Waals surface area (Å²) in [6, 6.07) is 5.05. The zero-order chi connectivity index (χ0) is 11.7. The molecule has 2 rings (SSSR count). The van der Waals surface area contributed by atoms with Crippen molar-refractivity contribution in [3.8, 4) is 22.8 Å². The van der Waals surface area contributed by atoms with E-state index >= 15 is 0 Å². The van der Waals surface area contributed by atoms with E-state index in [0.29, 0.717) is 22.8 Å². The molecule has 0 aliphatic rings. The standard InChI is InChI=1S/C11H13N3O2/c1-6-3-9(15)7(4-10(6)16-2)8-5-11(12)14-13-8/h3-5,15H,1-2H3,(H3,12,13,14). The zero-order valence-corrected chi connectivity index (χ0v) is 9.11. The van der Waals surface area contributed by atoms with Crippen molar-refractivity contribution in [1.29, 1.82) is 0 Å². The van der Waals surface area contributed by atoms with Crippen LogP contribution in [0.2, 0.25) is 0 Å². The van der Waals surface area contributed by atoms with E-state index in [9.17, 15) is 5.11 Å². The molecule has 16 heavy (non-hydrogen) atoms. The van der Waals surface area contributed by atoms with Crippen molar-refractivity contribution in [3.05, 3.63) is 23.8 Å². The zero-order valence-electron chi connectivity index (χ0n) is 9.11. The molecular formula is C11H13N3O2. The van der Waals surface area contributed by atoms with Gasteiger partial charge in [0.1, 0.15) is 17.3 Å². The first kappa shape index (κ1) is 10.4. The van der Waals surface area contributed by atoms with Crippen LogP contribution in [0.15, 0.2) is 18.2 Å². The molecule has 0 saturated heterocycles. The van der Waals surface area contributed by atoms with Crippen molar-refractivity contribution < 1.29 is 9.84 Å². The van der Waals surface area contributed by atoms with Gasteiger partial charge in [-0.3, -0.25) is 5.10 Å². The van der Waals surface area contributed by atoms with E-state index < -0.39 is 0 Å². The van der Waals surface area contributed by atoms with Gasteiger partial charge >= 0.3 is 0 Å². The lowest BCUT2D eigenvalue weighted by Gasteiger charge is -2.08. The monoisotopic (exact) mass is 219 g/mol. The lowest BCUT2D eigenvalue weighted by Crippen LogP contribution is -1.89. The fourth-order valence-corrected chi connectivity index (χ4v) is 1.58. The van der Waals surface area contributed by atoms with Gasteiger partial charge < -0.3 is 15.6 Å². The first-order valence-electron chi connectivity index (χ1n) is 4.80. The number of phenols is 1. The van der Waals surface area contributed by atoms with Crippen LogP contribution in [0.4, 0.5) is 5.82 Å². The normalized spacial score (nSPS) is 10.4. The quantitative estimate of drug-likeness (QED) is 0.717. The number of aromatic amines is 1. The maximum atomic E-state index is 9.83. The van der Waals surface area contributed by atoms with E-state index in [1.165, 1.54) is 0 Å². The number of nitrogens with zero attached hydrogens (tertiary/aromatic N) is 1. The predicted molar refractivity (Wildman–Crippen MR) is 61.4 cm³/mol. The summed E-state index contributed by atoms with van der Waals surface area (Å²) in [7, 11) is 1.59. The molecule has 1 heterocycles. The molecule has 0 bridgehead atoms. The van der Waals surface area contributed by atoms with Crippen molar-refractivity contribution in [2.75, 3.05) is 12.8 Å². The minimum atomic E-state index is 0.168. The maximum absolute atomic E-state index is 9.83. The highest BCUT2D eigenvalue weighted by Crippen LogP contribution is 2.34. The van der Waals surface area contributed by atoms with Gasteiger partial charge in [-0.2, -0.15) is 5.10 Å². The van der Waals surface area contributed by atoms with Crippen LogP contribution in [0, 0.1) is 6.92 Å². The number of hydrogen-bond donors (Lipinski definition) is 3. The molecular weight excluding hydrogens is 206 g/mol. The van der Waals surface area contributed by atoms with Gasteiger partial charge in [-0.15, -0.1) is 0 Å². The Morgan fingerprint density at radius 3 is 2.69 bits per heavy atom. The molecule has 0 fully saturated rings. The summed E-state index contributed by atoms with van der Waals surface area (Å²) < 4.78 is 5.19. The first-order valence-corrected chi connectivity index (χ1v) is 4.80. The number of nitrogen functional groups attached to an aromatic ring is 1. The number of rotatable bonds is 2. The SMILES string of the molecule is COc1cc(-c2cc(N)n[nH]2)c(O)cc1C. The third-order valence-electron chi connectivity index (χ3n) is 2.40. The average Bonchev–Trinajstić information content (AvgIpc) is 2.65. The van der Waals surface area contributed by atoms with Crippen molar-refractivity contribution in [2.45, 2.75) is 6.92 Å². The molecule has 0 saturated carbocycles. The van der Waals surface area contributed by atoms with E-state index in [2.05, 4.69) is 10.2 Å². The first-order chi connectivity index (χ1) is 7.61. The van der Waals surface area contributed by atoms with Gasteiger partial charge in [0.05, 0.1) is 12.8 Å². The molecule has 0 atom stereocenters. The maximum Gasteiger partial charge on any atom is 0.145 e. The van der Waals surface area contributed by atoms with Gasteiger partial charge in [0.15, 0.2) is 0 Å². The molecule has 84 valence electrons. The van der Waals surface area contributed by atoms with Gasteiger partial charge in [0.2, 0.25) is 0 Å². The topological polar surface area (TPSA) is 84.2 Å². The number of H-pyrrole nitrogens is 1. The number of hydrogen-bond acceptors (Lipinski definition) is 4. The van der Waals surface area contributed by atoms with Gasteiger partial charge in [-0.05, 0) is 24.6 Å². The van der Waals surface area contributed by atoms with E-state index in [1.54, 1.807) is 25.3 Å². The van der Waals surface area contributed by atoms with Crippen LogP contribution < -0.4 is 10.5 Å². The number of benzene rings is 1. The average molecular weight is 219 g/mol. The molecule has 0 unspecified atom stereocenters. The number of ether oxygens (including phenoxy) is 1. The lowest BCUT2D eigenvalue weighted by atomic mass is 10.1. The molecule has 4 N–H and O–H groups in total. The fraction of sp³-hybridized carbons (Fsp3) is 0.182. The Hall–Kier alpha value is -2.17. The molecule has 5 nitrogen and oxygen atoms in total. The van der Waals surface area contributed by atoms with Gasteiger partial charge in [-0.25, -0.2) is 0 Å². The summed E-state index contributed by atoms with van der Waals surface area (Å²) in [5, 5.41) is 16.4. The number of anilines is 1. The van der Waals surface area contributed by atoms with Crippen molar-refractivity contribution in [3.63, 3.8) is 0 Å². The lowest BCUT2D eigenvalue weighted by molar-refractivity contribution is 0.409. The van der Waals surface area contributed by atoms with Gasteiger partial charge in [0, 0.05) is 11.6 Å². The molecule has 0 spiro atoms. The number of phenolic OH excluding ortho intramolecular Hbond substituents is 1. The number of nitrogens with one attached hydrogen (secondary N) is 1. The Bertz CT molecular complexity index is 520. The van der Waals surface area contributed by atoms with Crippen LogP contribution in [-0.2, 0) is 0 Å². The van der Waals surface area contributed by atoms with Crippen LogP contribution in [0.3, 0.4) is 0 Å². The highest BCUT2D eigenvalue weighted by atomic mass is 16.5. The number of aromatic hydroxyl groups is 1. The summed E-state index contributed by atoms with van der Waals surface area (Å²) in [6.45, 7) is 1.86. The van der Waals surface area contributed by atoms with Gasteiger partial charge in [0.25, 0.3) is 0 Å². The summed E-state index contributed by atoms with van der Waals surface area (Å²) in [6.07, 6.45) is 0. The number of aryl methyl sites for hydroxylation is 1.